The predicted octanol–water partition coefficient (Wildman–Crippen LogP) is 4.47. The summed E-state index contributed by atoms with van der Waals surface area (Å²) in [6, 6.07) is 7.69. The van der Waals surface area contributed by atoms with Crippen LogP contribution in [0, 0.1) is 5.92 Å². The third kappa shape index (κ3) is 3.32. The fraction of sp³-hybridized carbons (Fsp3) is 0.312. The molecule has 0 aliphatic carbocycles. The van der Waals surface area contributed by atoms with E-state index < -0.39 is 0 Å². The van der Waals surface area contributed by atoms with Gasteiger partial charge in [0.15, 0.2) is 0 Å². The van der Waals surface area contributed by atoms with Gasteiger partial charge in [-0.2, -0.15) is 11.3 Å². The zero-order valence-corrected chi connectivity index (χ0v) is 13.7. The first-order valence-corrected chi connectivity index (χ1v) is 8.51. The molecule has 2 heterocycles. The number of aldehydes is 1. The quantitative estimate of drug-likeness (QED) is 0.766. The first-order valence-electron chi connectivity index (χ1n) is 6.81. The van der Waals surface area contributed by atoms with Crippen LogP contribution in [0.4, 0.5) is 0 Å². The summed E-state index contributed by atoms with van der Waals surface area (Å²) in [7, 11) is 0. The lowest BCUT2D eigenvalue weighted by molar-refractivity contribution is -0.111. The van der Waals surface area contributed by atoms with Crippen molar-refractivity contribution in [1.29, 1.82) is 0 Å². The second kappa shape index (κ2) is 6.49. The number of hydrogen-bond acceptors (Lipinski definition) is 3. The molecule has 0 spiro atoms. The highest BCUT2D eigenvalue weighted by Crippen LogP contribution is 2.34. The molecule has 1 aromatic carbocycles. The van der Waals surface area contributed by atoms with E-state index in [0.717, 1.165) is 31.5 Å². The highest BCUT2D eigenvalue weighted by atomic mass is 35.5. The minimum atomic E-state index is 0.0608. The van der Waals surface area contributed by atoms with Gasteiger partial charge >= 0.3 is 0 Å². The fourth-order valence-electron chi connectivity index (χ4n) is 2.91. The Bertz CT molecular complexity index is 629. The number of hydrogen-bond donors (Lipinski definition) is 0. The van der Waals surface area contributed by atoms with Crippen LogP contribution in [0.1, 0.15) is 17.0 Å². The lowest BCUT2D eigenvalue weighted by atomic mass is 9.92. The molecule has 0 amide bonds. The van der Waals surface area contributed by atoms with Gasteiger partial charge in [0.1, 0.15) is 6.29 Å². The zero-order chi connectivity index (χ0) is 14.8. The predicted molar refractivity (Wildman–Crippen MR) is 88.4 cm³/mol. The molecular formula is C16H15Cl2NOS. The Labute approximate surface area is 138 Å². The van der Waals surface area contributed by atoms with Crippen molar-refractivity contribution in [2.24, 2.45) is 5.92 Å². The lowest BCUT2D eigenvalue weighted by Crippen LogP contribution is -2.20. The second-order valence-electron chi connectivity index (χ2n) is 5.39. The highest BCUT2D eigenvalue weighted by Gasteiger charge is 2.33. The molecule has 2 atom stereocenters. The van der Waals surface area contributed by atoms with E-state index in [9.17, 15) is 4.79 Å². The topological polar surface area (TPSA) is 20.3 Å². The van der Waals surface area contributed by atoms with Crippen molar-refractivity contribution in [2.75, 3.05) is 13.1 Å². The number of carbonyl (C=O) groups is 1. The van der Waals surface area contributed by atoms with Gasteiger partial charge in [0, 0.05) is 41.5 Å². The van der Waals surface area contributed by atoms with Gasteiger partial charge < -0.3 is 4.79 Å². The number of rotatable bonds is 4. The van der Waals surface area contributed by atoms with Crippen LogP contribution in [-0.4, -0.2) is 24.3 Å². The Morgan fingerprint density at radius 2 is 2.14 bits per heavy atom. The standard InChI is InChI=1S/C16H15Cl2NOS/c17-14-2-1-11(16(18)5-14)6-19-7-13(9-20)15(8-19)12-3-4-21-10-12/h1-5,9-10,13,15H,6-8H2/t13-,15-/m1/s1. The molecule has 1 aliphatic heterocycles. The van der Waals surface area contributed by atoms with Crippen LogP contribution in [-0.2, 0) is 11.3 Å². The molecule has 0 radical (unpaired) electrons. The van der Waals surface area contributed by atoms with Crippen LogP contribution >= 0.6 is 34.5 Å². The molecule has 1 aromatic heterocycles. The monoisotopic (exact) mass is 339 g/mol. The van der Waals surface area contributed by atoms with Crippen LogP contribution in [0.5, 0.6) is 0 Å². The van der Waals surface area contributed by atoms with Crippen molar-refractivity contribution in [3.8, 4) is 0 Å². The number of likely N-dealkylation sites (tertiary alicyclic amines) is 1. The van der Waals surface area contributed by atoms with Gasteiger partial charge in [-0.15, -0.1) is 0 Å². The minimum absolute atomic E-state index is 0.0608. The zero-order valence-electron chi connectivity index (χ0n) is 11.3. The van der Waals surface area contributed by atoms with Crippen molar-refractivity contribution in [1.82, 2.24) is 4.90 Å². The summed E-state index contributed by atoms with van der Waals surface area (Å²) in [5.41, 5.74) is 2.32. The van der Waals surface area contributed by atoms with E-state index in [1.807, 2.05) is 12.1 Å². The first kappa shape index (κ1) is 15.0. The number of halogens is 2. The molecule has 5 heteroatoms. The third-order valence-corrected chi connectivity index (χ3v) is 5.28. The molecule has 3 rings (SSSR count). The van der Waals surface area contributed by atoms with E-state index in [4.69, 9.17) is 23.2 Å². The number of nitrogens with zero attached hydrogens (tertiary/aromatic N) is 1. The Hall–Kier alpha value is -0.870. The molecule has 0 saturated carbocycles. The summed E-state index contributed by atoms with van der Waals surface area (Å²) in [5, 5.41) is 5.53. The Balaban J connectivity index is 1.74. The van der Waals surface area contributed by atoms with Crippen LogP contribution in [0.2, 0.25) is 10.0 Å². The number of thiophene rings is 1. The van der Waals surface area contributed by atoms with E-state index in [-0.39, 0.29) is 5.92 Å². The molecule has 1 aliphatic rings. The van der Waals surface area contributed by atoms with Crippen LogP contribution in [0.25, 0.3) is 0 Å². The van der Waals surface area contributed by atoms with E-state index >= 15 is 0 Å². The SMILES string of the molecule is O=C[C@H]1CN(Cc2ccc(Cl)cc2Cl)C[C@@H]1c1ccsc1. The molecule has 2 nitrogen and oxygen atoms in total. The van der Waals surface area contributed by atoms with Crippen LogP contribution in [0.3, 0.4) is 0 Å². The highest BCUT2D eigenvalue weighted by molar-refractivity contribution is 7.08. The third-order valence-electron chi connectivity index (χ3n) is 4.00. The maximum Gasteiger partial charge on any atom is 0.125 e. The number of benzene rings is 1. The van der Waals surface area contributed by atoms with Gasteiger partial charge in [-0.1, -0.05) is 29.3 Å². The summed E-state index contributed by atoms with van der Waals surface area (Å²) in [6.07, 6.45) is 1.09. The van der Waals surface area contributed by atoms with Crippen LogP contribution < -0.4 is 0 Å². The largest absolute Gasteiger partial charge is 0.303 e. The molecule has 0 bridgehead atoms. The van der Waals surface area contributed by atoms with Crippen molar-refractivity contribution in [3.05, 3.63) is 56.2 Å². The lowest BCUT2D eigenvalue weighted by Gasteiger charge is -2.16. The average Bonchev–Trinajstić information content (AvgIpc) is 3.10. The van der Waals surface area contributed by atoms with E-state index in [2.05, 4.69) is 21.7 Å². The molecular weight excluding hydrogens is 325 g/mol. The van der Waals surface area contributed by atoms with Crippen molar-refractivity contribution < 1.29 is 4.79 Å². The molecule has 2 aromatic rings. The van der Waals surface area contributed by atoms with Gasteiger partial charge in [0.25, 0.3) is 0 Å². The first-order chi connectivity index (χ1) is 10.2. The van der Waals surface area contributed by atoms with Gasteiger partial charge in [-0.25, -0.2) is 0 Å². The summed E-state index contributed by atoms with van der Waals surface area (Å²) in [6.45, 7) is 2.42. The average molecular weight is 340 g/mol. The van der Waals surface area contributed by atoms with Gasteiger partial charge in [0.2, 0.25) is 0 Å². The smallest absolute Gasteiger partial charge is 0.125 e. The van der Waals surface area contributed by atoms with E-state index in [1.54, 1.807) is 17.4 Å². The maximum absolute atomic E-state index is 11.4. The molecule has 1 fully saturated rings. The van der Waals surface area contributed by atoms with Crippen molar-refractivity contribution >= 4 is 40.8 Å². The minimum Gasteiger partial charge on any atom is -0.303 e. The maximum atomic E-state index is 11.4. The van der Waals surface area contributed by atoms with E-state index in [0.29, 0.717) is 16.0 Å². The van der Waals surface area contributed by atoms with E-state index in [1.165, 1.54) is 5.56 Å². The van der Waals surface area contributed by atoms with Gasteiger partial charge in [-0.3, -0.25) is 4.90 Å². The Morgan fingerprint density at radius 1 is 1.29 bits per heavy atom. The molecule has 1 saturated heterocycles. The summed E-state index contributed by atoms with van der Waals surface area (Å²) in [4.78, 5) is 13.6. The summed E-state index contributed by atoms with van der Waals surface area (Å²) >= 11 is 13.8. The Morgan fingerprint density at radius 3 is 2.81 bits per heavy atom. The molecule has 0 unspecified atom stereocenters. The van der Waals surface area contributed by atoms with Crippen molar-refractivity contribution in [3.63, 3.8) is 0 Å². The van der Waals surface area contributed by atoms with Gasteiger partial charge in [0.05, 0.1) is 0 Å². The van der Waals surface area contributed by atoms with Crippen LogP contribution in [0.15, 0.2) is 35.0 Å². The summed E-state index contributed by atoms with van der Waals surface area (Å²) < 4.78 is 0. The fourth-order valence-corrected chi connectivity index (χ4v) is 4.10. The normalized spacial score (nSPS) is 22.6. The Kier molecular flexibility index (Phi) is 4.65. The molecule has 110 valence electrons. The number of carbonyl (C=O) groups excluding carboxylic acids is 1. The summed E-state index contributed by atoms with van der Waals surface area (Å²) in [5.74, 6) is 0.352. The molecule has 0 N–H and O–H groups in total. The second-order valence-corrected chi connectivity index (χ2v) is 7.02. The molecule has 21 heavy (non-hydrogen) atoms. The van der Waals surface area contributed by atoms with Gasteiger partial charge in [-0.05, 0) is 40.1 Å². The van der Waals surface area contributed by atoms with Crippen molar-refractivity contribution in [2.45, 2.75) is 12.5 Å².